The lowest BCUT2D eigenvalue weighted by molar-refractivity contribution is 0.200. The summed E-state index contributed by atoms with van der Waals surface area (Å²) in [5, 5.41) is 4.16. The molecule has 1 nitrogen and oxygen atoms in total. The predicted octanol–water partition coefficient (Wildman–Crippen LogP) is 5.75. The second-order valence-electron chi connectivity index (χ2n) is 6.61. The summed E-state index contributed by atoms with van der Waals surface area (Å²) in [6, 6.07) is 3.43. The maximum absolute atomic E-state index is 13.6. The first-order valence-electron chi connectivity index (χ1n) is 7.19. The molecule has 20 heavy (non-hydrogen) atoms. The SMILES string of the molecule is CC(NC1CCC(C)(C)CC1)c1cc(F)c(Cl)cc1Cl. The van der Waals surface area contributed by atoms with E-state index in [2.05, 4.69) is 19.2 Å². The van der Waals surface area contributed by atoms with Crippen LogP contribution < -0.4 is 5.32 Å². The number of benzene rings is 1. The fourth-order valence-corrected chi connectivity index (χ4v) is 3.43. The molecular formula is C16H22Cl2FN. The third-order valence-corrected chi connectivity index (χ3v) is 4.95. The Morgan fingerprint density at radius 1 is 1.20 bits per heavy atom. The molecule has 0 aliphatic heterocycles. The van der Waals surface area contributed by atoms with E-state index in [-0.39, 0.29) is 11.1 Å². The highest BCUT2D eigenvalue weighted by Crippen LogP contribution is 2.36. The van der Waals surface area contributed by atoms with Crippen molar-refractivity contribution in [2.75, 3.05) is 0 Å². The molecule has 1 saturated carbocycles. The van der Waals surface area contributed by atoms with Crippen LogP contribution >= 0.6 is 23.2 Å². The third kappa shape index (κ3) is 3.87. The molecule has 0 aromatic heterocycles. The molecule has 0 bridgehead atoms. The zero-order valence-electron chi connectivity index (χ0n) is 12.3. The normalized spacial score (nSPS) is 20.9. The van der Waals surface area contributed by atoms with Gasteiger partial charge in [-0.3, -0.25) is 0 Å². The Balaban J connectivity index is 2.02. The van der Waals surface area contributed by atoms with Crippen LogP contribution in [-0.2, 0) is 0 Å². The highest BCUT2D eigenvalue weighted by Gasteiger charge is 2.27. The molecule has 1 unspecified atom stereocenters. The largest absolute Gasteiger partial charge is 0.307 e. The van der Waals surface area contributed by atoms with Gasteiger partial charge in [-0.05, 0) is 55.7 Å². The molecule has 0 heterocycles. The first kappa shape index (κ1) is 16.1. The van der Waals surface area contributed by atoms with Gasteiger partial charge in [0.1, 0.15) is 5.82 Å². The van der Waals surface area contributed by atoms with Crippen molar-refractivity contribution < 1.29 is 4.39 Å². The minimum absolute atomic E-state index is 0.0282. The van der Waals surface area contributed by atoms with E-state index in [4.69, 9.17) is 23.2 Å². The zero-order chi connectivity index (χ0) is 14.9. The fourth-order valence-electron chi connectivity index (χ4n) is 2.88. The summed E-state index contributed by atoms with van der Waals surface area (Å²) < 4.78 is 13.6. The molecule has 1 aromatic carbocycles. The lowest BCUT2D eigenvalue weighted by atomic mass is 9.75. The van der Waals surface area contributed by atoms with Crippen molar-refractivity contribution in [3.63, 3.8) is 0 Å². The quantitative estimate of drug-likeness (QED) is 0.700. The van der Waals surface area contributed by atoms with Crippen LogP contribution in [0.1, 0.15) is 58.1 Å². The molecule has 2 rings (SSSR count). The fraction of sp³-hybridized carbons (Fsp3) is 0.625. The van der Waals surface area contributed by atoms with Crippen molar-refractivity contribution in [3.05, 3.63) is 33.6 Å². The monoisotopic (exact) mass is 317 g/mol. The van der Waals surface area contributed by atoms with Crippen molar-refractivity contribution >= 4 is 23.2 Å². The molecule has 1 atom stereocenters. The number of nitrogens with one attached hydrogen (secondary N) is 1. The van der Waals surface area contributed by atoms with Crippen LogP contribution in [-0.4, -0.2) is 6.04 Å². The number of halogens is 3. The summed E-state index contributed by atoms with van der Waals surface area (Å²) in [4.78, 5) is 0. The highest BCUT2D eigenvalue weighted by atomic mass is 35.5. The topological polar surface area (TPSA) is 12.0 Å². The molecule has 1 fully saturated rings. The van der Waals surface area contributed by atoms with E-state index >= 15 is 0 Å². The van der Waals surface area contributed by atoms with Gasteiger partial charge in [0, 0.05) is 17.1 Å². The van der Waals surface area contributed by atoms with E-state index < -0.39 is 5.82 Å². The smallest absolute Gasteiger partial charge is 0.142 e. The summed E-state index contributed by atoms with van der Waals surface area (Å²) in [6.07, 6.45) is 4.76. The molecule has 1 aliphatic carbocycles. The molecule has 0 radical (unpaired) electrons. The van der Waals surface area contributed by atoms with Gasteiger partial charge in [-0.15, -0.1) is 0 Å². The van der Waals surface area contributed by atoms with E-state index in [9.17, 15) is 4.39 Å². The maximum Gasteiger partial charge on any atom is 0.142 e. The van der Waals surface area contributed by atoms with Crippen LogP contribution in [0.3, 0.4) is 0 Å². The Morgan fingerprint density at radius 2 is 1.80 bits per heavy atom. The Kier molecular flexibility index (Phi) is 4.99. The van der Waals surface area contributed by atoms with Crippen molar-refractivity contribution in [2.24, 2.45) is 5.41 Å². The van der Waals surface area contributed by atoms with Crippen LogP contribution in [0.25, 0.3) is 0 Å². The average molecular weight is 318 g/mol. The van der Waals surface area contributed by atoms with Crippen molar-refractivity contribution in [1.82, 2.24) is 5.32 Å². The molecule has 0 saturated heterocycles. The predicted molar refractivity (Wildman–Crippen MR) is 84.0 cm³/mol. The Labute approximate surface area is 130 Å². The molecule has 0 amide bonds. The van der Waals surface area contributed by atoms with E-state index in [1.165, 1.54) is 25.0 Å². The molecule has 1 aliphatic rings. The summed E-state index contributed by atoms with van der Waals surface area (Å²) in [5.74, 6) is -0.413. The van der Waals surface area contributed by atoms with Gasteiger partial charge in [-0.25, -0.2) is 4.39 Å². The molecular weight excluding hydrogens is 296 g/mol. The van der Waals surface area contributed by atoms with Crippen LogP contribution in [0, 0.1) is 11.2 Å². The molecule has 1 aromatic rings. The number of hydrogen-bond donors (Lipinski definition) is 1. The highest BCUT2D eigenvalue weighted by molar-refractivity contribution is 6.35. The van der Waals surface area contributed by atoms with Crippen molar-refractivity contribution in [2.45, 2.75) is 58.5 Å². The molecule has 112 valence electrons. The minimum Gasteiger partial charge on any atom is -0.307 e. The molecule has 4 heteroatoms. The first-order valence-corrected chi connectivity index (χ1v) is 7.94. The lowest BCUT2D eigenvalue weighted by Gasteiger charge is -2.36. The molecule has 1 N–H and O–H groups in total. The van der Waals surface area contributed by atoms with Gasteiger partial charge in [0.05, 0.1) is 5.02 Å². The Bertz CT molecular complexity index is 478. The van der Waals surface area contributed by atoms with Crippen LogP contribution in [0.5, 0.6) is 0 Å². The van der Waals surface area contributed by atoms with Gasteiger partial charge < -0.3 is 5.32 Å². The van der Waals surface area contributed by atoms with E-state index in [1.807, 2.05) is 6.92 Å². The Hall–Kier alpha value is -0.310. The second-order valence-corrected chi connectivity index (χ2v) is 7.43. The van der Waals surface area contributed by atoms with Gasteiger partial charge >= 0.3 is 0 Å². The van der Waals surface area contributed by atoms with Gasteiger partial charge in [-0.2, -0.15) is 0 Å². The van der Waals surface area contributed by atoms with Gasteiger partial charge in [0.15, 0.2) is 0 Å². The van der Waals surface area contributed by atoms with Gasteiger partial charge in [-0.1, -0.05) is 37.0 Å². The van der Waals surface area contributed by atoms with Gasteiger partial charge in [0.2, 0.25) is 0 Å². The van der Waals surface area contributed by atoms with Crippen molar-refractivity contribution in [3.8, 4) is 0 Å². The van der Waals surface area contributed by atoms with Crippen LogP contribution in [0.2, 0.25) is 10.0 Å². The van der Waals surface area contributed by atoms with Crippen LogP contribution in [0.4, 0.5) is 4.39 Å². The minimum atomic E-state index is -0.413. The number of rotatable bonds is 3. The average Bonchev–Trinajstić information content (AvgIpc) is 2.36. The Morgan fingerprint density at radius 3 is 2.40 bits per heavy atom. The third-order valence-electron chi connectivity index (χ3n) is 4.33. The van der Waals surface area contributed by atoms with E-state index in [1.54, 1.807) is 0 Å². The molecule has 0 spiro atoms. The van der Waals surface area contributed by atoms with E-state index in [0.29, 0.717) is 16.5 Å². The number of hydrogen-bond acceptors (Lipinski definition) is 1. The lowest BCUT2D eigenvalue weighted by Crippen LogP contribution is -2.37. The summed E-state index contributed by atoms with van der Waals surface area (Å²) >= 11 is 11.9. The first-order chi connectivity index (χ1) is 9.28. The second kappa shape index (κ2) is 6.21. The summed E-state index contributed by atoms with van der Waals surface area (Å²) in [6.45, 7) is 6.66. The van der Waals surface area contributed by atoms with Crippen molar-refractivity contribution in [1.29, 1.82) is 0 Å². The summed E-state index contributed by atoms with van der Waals surface area (Å²) in [7, 11) is 0. The zero-order valence-corrected chi connectivity index (χ0v) is 13.8. The van der Waals surface area contributed by atoms with Crippen LogP contribution in [0.15, 0.2) is 12.1 Å². The van der Waals surface area contributed by atoms with E-state index in [0.717, 1.165) is 18.4 Å². The maximum atomic E-state index is 13.6. The summed E-state index contributed by atoms with van der Waals surface area (Å²) in [5.41, 5.74) is 1.23. The standard InChI is InChI=1S/C16H22Cl2FN/c1-10(12-8-15(19)14(18)9-13(12)17)20-11-4-6-16(2,3)7-5-11/h8-11,20H,4-7H2,1-3H3. The van der Waals surface area contributed by atoms with Gasteiger partial charge in [0.25, 0.3) is 0 Å².